The van der Waals surface area contributed by atoms with Crippen molar-refractivity contribution >= 4 is 38.7 Å². The molecule has 1 aliphatic heterocycles. The highest BCUT2D eigenvalue weighted by Gasteiger charge is 2.67. The zero-order valence-corrected chi connectivity index (χ0v) is 20.8. The van der Waals surface area contributed by atoms with Crippen molar-refractivity contribution in [3.63, 3.8) is 0 Å². The molecule has 0 bridgehead atoms. The molecule has 9 heteroatoms. The average Bonchev–Trinajstić information content (AvgIpc) is 2.98. The van der Waals surface area contributed by atoms with Gasteiger partial charge in [-0.1, -0.05) is 41.4 Å². The van der Waals surface area contributed by atoms with Gasteiger partial charge in [0.2, 0.25) is 9.84 Å². The van der Waals surface area contributed by atoms with Gasteiger partial charge in [-0.05, 0) is 43.3 Å². The van der Waals surface area contributed by atoms with Crippen LogP contribution in [0.3, 0.4) is 0 Å². The first-order chi connectivity index (χ1) is 15.5. The maximum absolute atomic E-state index is 14.5. The van der Waals surface area contributed by atoms with Gasteiger partial charge in [0.05, 0.1) is 14.2 Å². The molecule has 4 rings (SSSR count). The molecule has 0 saturated heterocycles. The van der Waals surface area contributed by atoms with Crippen molar-refractivity contribution < 1.29 is 23.0 Å². The Balaban J connectivity index is 2.12. The van der Waals surface area contributed by atoms with Gasteiger partial charge in [0, 0.05) is 40.0 Å². The van der Waals surface area contributed by atoms with E-state index in [2.05, 4.69) is 0 Å². The molecule has 0 spiro atoms. The Kier molecular flexibility index (Phi) is 5.81. The Bertz CT molecular complexity index is 1350. The Hall–Kier alpha value is -2.45. The van der Waals surface area contributed by atoms with Crippen LogP contribution in [0.4, 0.5) is 5.69 Å². The van der Waals surface area contributed by atoms with Crippen LogP contribution in [-0.2, 0) is 15.4 Å². The second-order valence-corrected chi connectivity index (χ2v) is 11.0. The lowest BCUT2D eigenvalue weighted by atomic mass is 9.82. The predicted molar refractivity (Wildman–Crippen MR) is 129 cm³/mol. The van der Waals surface area contributed by atoms with Gasteiger partial charge in [-0.25, -0.2) is 8.42 Å². The van der Waals surface area contributed by atoms with Crippen LogP contribution in [-0.4, -0.2) is 39.7 Å². The van der Waals surface area contributed by atoms with E-state index in [-0.39, 0.29) is 21.2 Å². The highest BCUT2D eigenvalue weighted by atomic mass is 35.5. The van der Waals surface area contributed by atoms with E-state index in [9.17, 15) is 13.5 Å². The van der Waals surface area contributed by atoms with Crippen LogP contribution in [0.15, 0.2) is 65.6 Å². The molecule has 0 fully saturated rings. The van der Waals surface area contributed by atoms with Crippen LogP contribution in [0, 0.1) is 0 Å². The SMILES string of the molecule is COc1ccc(OC)c(S(=O)(=O)C2(C)N(C)c3ccc(Cl)cc3C2(O)c2ccccc2Cl)c1. The summed E-state index contributed by atoms with van der Waals surface area (Å²) in [6.45, 7) is 1.47. The van der Waals surface area contributed by atoms with Crippen LogP contribution in [0.5, 0.6) is 11.5 Å². The van der Waals surface area contributed by atoms with Crippen molar-refractivity contribution in [2.24, 2.45) is 0 Å². The van der Waals surface area contributed by atoms with E-state index in [0.29, 0.717) is 22.0 Å². The predicted octanol–water partition coefficient (Wildman–Crippen LogP) is 4.89. The Morgan fingerprint density at radius 3 is 2.27 bits per heavy atom. The summed E-state index contributed by atoms with van der Waals surface area (Å²) in [6.07, 6.45) is 0. The van der Waals surface area contributed by atoms with Crippen molar-refractivity contribution in [2.75, 3.05) is 26.2 Å². The summed E-state index contributed by atoms with van der Waals surface area (Å²) >= 11 is 12.8. The number of halogens is 2. The number of rotatable bonds is 5. The molecule has 33 heavy (non-hydrogen) atoms. The number of nitrogens with zero attached hydrogens (tertiary/aromatic N) is 1. The van der Waals surface area contributed by atoms with Crippen LogP contribution in [0.2, 0.25) is 10.0 Å². The summed E-state index contributed by atoms with van der Waals surface area (Å²) in [5.74, 6) is 0.460. The molecule has 1 N–H and O–H groups in total. The molecule has 2 atom stereocenters. The van der Waals surface area contributed by atoms with Crippen molar-refractivity contribution in [1.82, 2.24) is 0 Å². The molecule has 2 unspecified atom stereocenters. The third-order valence-corrected chi connectivity index (χ3v) is 9.55. The minimum Gasteiger partial charge on any atom is -0.497 e. The van der Waals surface area contributed by atoms with Gasteiger partial charge in [-0.2, -0.15) is 0 Å². The summed E-state index contributed by atoms with van der Waals surface area (Å²) in [5, 5.41) is 13.0. The van der Waals surface area contributed by atoms with Gasteiger partial charge in [0.15, 0.2) is 10.5 Å². The standard InChI is InChI=1S/C24H23Cl2NO5S/c1-23(33(29,30)22-14-16(31-3)10-12-21(22)32-4)24(28,17-7-5-6-8-19(17)26)18-13-15(25)9-11-20(18)27(23)2/h5-14,28H,1-4H3. The number of ether oxygens (including phenoxy) is 2. The van der Waals surface area contributed by atoms with E-state index < -0.39 is 20.3 Å². The Morgan fingerprint density at radius 2 is 1.64 bits per heavy atom. The third-order valence-electron chi connectivity index (χ3n) is 6.47. The second-order valence-electron chi connectivity index (χ2n) is 7.91. The number of hydrogen-bond donors (Lipinski definition) is 1. The summed E-state index contributed by atoms with van der Waals surface area (Å²) < 4.78 is 39.6. The highest BCUT2D eigenvalue weighted by molar-refractivity contribution is 7.93. The first-order valence-electron chi connectivity index (χ1n) is 10.0. The molecular formula is C24H23Cl2NO5S. The van der Waals surface area contributed by atoms with E-state index >= 15 is 0 Å². The number of aliphatic hydroxyl groups is 1. The topological polar surface area (TPSA) is 76.1 Å². The van der Waals surface area contributed by atoms with Crippen LogP contribution >= 0.6 is 23.2 Å². The number of methoxy groups -OCH3 is 2. The lowest BCUT2D eigenvalue weighted by Crippen LogP contribution is -2.60. The van der Waals surface area contributed by atoms with Crippen molar-refractivity contribution in [1.29, 1.82) is 0 Å². The second kappa shape index (κ2) is 8.09. The van der Waals surface area contributed by atoms with Gasteiger partial charge in [-0.15, -0.1) is 0 Å². The van der Waals surface area contributed by atoms with Gasteiger partial charge in [0.25, 0.3) is 0 Å². The van der Waals surface area contributed by atoms with E-state index in [1.807, 2.05) is 0 Å². The minimum atomic E-state index is -4.35. The maximum atomic E-state index is 14.5. The number of fused-ring (bicyclic) bond motifs is 1. The molecule has 0 saturated carbocycles. The quantitative estimate of drug-likeness (QED) is 0.529. The molecule has 1 heterocycles. The summed E-state index contributed by atoms with van der Waals surface area (Å²) in [4.78, 5) is -0.517. The molecule has 0 aromatic heterocycles. The summed E-state index contributed by atoms with van der Waals surface area (Å²) in [6, 6.07) is 16.0. The Morgan fingerprint density at radius 1 is 0.939 bits per heavy atom. The van der Waals surface area contributed by atoms with Crippen molar-refractivity contribution in [3.8, 4) is 11.5 Å². The van der Waals surface area contributed by atoms with Gasteiger partial charge in [-0.3, -0.25) is 0 Å². The first kappa shape index (κ1) is 23.7. The molecule has 0 aliphatic carbocycles. The highest BCUT2D eigenvalue weighted by Crippen LogP contribution is 2.58. The number of benzene rings is 3. The number of sulfone groups is 1. The lowest BCUT2D eigenvalue weighted by Gasteiger charge is -2.43. The van der Waals surface area contributed by atoms with E-state index in [4.69, 9.17) is 32.7 Å². The first-order valence-corrected chi connectivity index (χ1v) is 12.3. The van der Waals surface area contributed by atoms with Crippen LogP contribution in [0.25, 0.3) is 0 Å². The molecule has 3 aromatic carbocycles. The van der Waals surface area contributed by atoms with Crippen LogP contribution in [0.1, 0.15) is 18.1 Å². The van der Waals surface area contributed by atoms with Crippen LogP contribution < -0.4 is 14.4 Å². The minimum absolute atomic E-state index is 0.122. The Labute approximate surface area is 203 Å². The maximum Gasteiger partial charge on any atom is 0.209 e. The lowest BCUT2D eigenvalue weighted by molar-refractivity contribution is 0.0504. The van der Waals surface area contributed by atoms with E-state index in [0.717, 1.165) is 0 Å². The fourth-order valence-electron chi connectivity index (χ4n) is 4.55. The molecule has 0 amide bonds. The van der Waals surface area contributed by atoms with Gasteiger partial charge >= 0.3 is 0 Å². The van der Waals surface area contributed by atoms with Gasteiger partial charge in [0.1, 0.15) is 16.4 Å². The van der Waals surface area contributed by atoms with E-state index in [1.165, 1.54) is 38.2 Å². The summed E-state index contributed by atoms with van der Waals surface area (Å²) in [5.41, 5.74) is -0.992. The molecule has 0 radical (unpaired) electrons. The molecule has 1 aliphatic rings. The molecule has 6 nitrogen and oxygen atoms in total. The fraction of sp³-hybridized carbons (Fsp3) is 0.250. The molecule has 174 valence electrons. The monoisotopic (exact) mass is 507 g/mol. The van der Waals surface area contributed by atoms with Crippen molar-refractivity contribution in [3.05, 3.63) is 81.8 Å². The summed E-state index contributed by atoms with van der Waals surface area (Å²) in [7, 11) is 0.0994. The zero-order valence-electron chi connectivity index (χ0n) is 18.5. The smallest absolute Gasteiger partial charge is 0.209 e. The largest absolute Gasteiger partial charge is 0.497 e. The third kappa shape index (κ3) is 3.14. The molecule has 3 aromatic rings. The average molecular weight is 508 g/mol. The number of anilines is 1. The number of hydrogen-bond acceptors (Lipinski definition) is 6. The van der Waals surface area contributed by atoms with E-state index in [1.54, 1.807) is 55.6 Å². The van der Waals surface area contributed by atoms with Gasteiger partial charge < -0.3 is 19.5 Å². The fourth-order valence-corrected chi connectivity index (χ4v) is 7.17. The normalized spacial score (nSPS) is 22.2. The molecular weight excluding hydrogens is 485 g/mol. The number of likely N-dealkylation sites (N-methyl/N-ethyl adjacent to an activating group) is 1. The zero-order chi connectivity index (χ0) is 24.2. The van der Waals surface area contributed by atoms with Crippen molar-refractivity contribution in [2.45, 2.75) is 22.3 Å².